The van der Waals surface area contributed by atoms with Crippen LogP contribution in [-0.4, -0.2) is 15.9 Å². The first kappa shape index (κ1) is 17.4. The van der Waals surface area contributed by atoms with Gasteiger partial charge in [0.25, 0.3) is 0 Å². The molecule has 2 aromatic carbocycles. The van der Waals surface area contributed by atoms with Gasteiger partial charge in [-0.05, 0) is 48.4 Å². The van der Waals surface area contributed by atoms with E-state index in [4.69, 9.17) is 9.97 Å². The fourth-order valence-electron chi connectivity index (χ4n) is 5.51. The molecule has 1 fully saturated rings. The lowest BCUT2D eigenvalue weighted by atomic mass is 9.67. The molecule has 2 unspecified atom stereocenters. The maximum Gasteiger partial charge on any atom is 0.237 e. The second-order valence-electron chi connectivity index (χ2n) is 8.63. The second kappa shape index (κ2) is 5.87. The van der Waals surface area contributed by atoms with Crippen LogP contribution in [0.25, 0.3) is 11.0 Å². The van der Waals surface area contributed by atoms with Crippen LogP contribution in [0, 0.1) is 5.41 Å². The van der Waals surface area contributed by atoms with Crippen molar-refractivity contribution in [2.24, 2.45) is 5.41 Å². The number of rotatable bonds is 3. The molecule has 3 aromatic rings. The summed E-state index contributed by atoms with van der Waals surface area (Å²) in [5.41, 5.74) is 4.91. The van der Waals surface area contributed by atoms with E-state index in [9.17, 15) is 4.79 Å². The summed E-state index contributed by atoms with van der Waals surface area (Å²) in [6, 6.07) is 16.0. The minimum absolute atomic E-state index is 0.0595. The molecule has 1 aromatic heterocycles. The van der Waals surface area contributed by atoms with Crippen LogP contribution in [0.2, 0.25) is 0 Å². The van der Waals surface area contributed by atoms with Gasteiger partial charge in [0, 0.05) is 11.6 Å². The number of amides is 1. The summed E-state index contributed by atoms with van der Waals surface area (Å²) in [5, 5.41) is 3.26. The van der Waals surface area contributed by atoms with E-state index in [-0.39, 0.29) is 17.2 Å². The lowest BCUT2D eigenvalue weighted by Gasteiger charge is -2.36. The number of fused-ring (bicyclic) bond motifs is 6. The first-order valence-electron chi connectivity index (χ1n) is 10.2. The maximum atomic E-state index is 13.8. The van der Waals surface area contributed by atoms with Crippen LogP contribution in [0.5, 0.6) is 0 Å². The van der Waals surface area contributed by atoms with Gasteiger partial charge in [-0.15, -0.1) is 0 Å². The lowest BCUT2D eigenvalue weighted by molar-refractivity contribution is -0.124. The van der Waals surface area contributed by atoms with Crippen LogP contribution in [0.15, 0.2) is 48.5 Å². The molecule has 1 saturated carbocycles. The molecule has 2 bridgehead atoms. The minimum Gasteiger partial charge on any atom is -0.325 e. The quantitative estimate of drug-likeness (QED) is 0.706. The smallest absolute Gasteiger partial charge is 0.237 e. The zero-order valence-electron chi connectivity index (χ0n) is 16.6. The Bertz CT molecular complexity index is 1100. The highest BCUT2D eigenvalue weighted by Gasteiger charge is 2.67. The van der Waals surface area contributed by atoms with E-state index in [2.05, 4.69) is 32.2 Å². The Balaban J connectivity index is 1.66. The highest BCUT2D eigenvalue weighted by atomic mass is 16.2. The van der Waals surface area contributed by atoms with Gasteiger partial charge in [0.05, 0.1) is 27.8 Å². The Morgan fingerprint density at radius 2 is 1.75 bits per heavy atom. The van der Waals surface area contributed by atoms with E-state index < -0.39 is 5.41 Å². The summed E-state index contributed by atoms with van der Waals surface area (Å²) in [4.78, 5) is 23.7. The van der Waals surface area contributed by atoms with Gasteiger partial charge < -0.3 is 5.32 Å². The number of hydrogen-bond acceptors (Lipinski definition) is 3. The molecule has 142 valence electrons. The average Bonchev–Trinajstić information content (AvgIpc) is 3.08. The summed E-state index contributed by atoms with van der Waals surface area (Å²) >= 11 is 0. The number of hydrogen-bond donors (Lipinski definition) is 1. The highest BCUT2D eigenvalue weighted by molar-refractivity contribution is 6.02. The molecule has 2 aliphatic rings. The molecule has 1 amide bonds. The Kier molecular flexibility index (Phi) is 3.64. The van der Waals surface area contributed by atoms with Crippen LogP contribution in [0.4, 0.5) is 5.69 Å². The molecule has 0 aliphatic heterocycles. The van der Waals surface area contributed by atoms with Crippen molar-refractivity contribution in [3.05, 3.63) is 65.5 Å². The third kappa shape index (κ3) is 2.09. The van der Waals surface area contributed by atoms with Crippen molar-refractivity contribution >= 4 is 22.6 Å². The predicted octanol–water partition coefficient (Wildman–Crippen LogP) is 4.99. The van der Waals surface area contributed by atoms with Gasteiger partial charge in [0.1, 0.15) is 0 Å². The molecule has 4 nitrogen and oxygen atoms in total. The van der Waals surface area contributed by atoms with Crippen LogP contribution >= 0.6 is 0 Å². The van der Waals surface area contributed by atoms with Gasteiger partial charge in [-0.2, -0.15) is 0 Å². The summed E-state index contributed by atoms with van der Waals surface area (Å²) in [6.45, 7) is 6.54. The molecule has 0 radical (unpaired) electrons. The first-order chi connectivity index (χ1) is 13.5. The third-order valence-electron chi connectivity index (χ3n) is 7.15. The van der Waals surface area contributed by atoms with Gasteiger partial charge >= 0.3 is 0 Å². The highest BCUT2D eigenvalue weighted by Crippen LogP contribution is 2.67. The molecule has 0 spiro atoms. The Morgan fingerprint density at radius 3 is 2.50 bits per heavy atom. The number of para-hydroxylation sites is 3. The molecule has 5 rings (SSSR count). The topological polar surface area (TPSA) is 54.9 Å². The van der Waals surface area contributed by atoms with Gasteiger partial charge in [-0.3, -0.25) is 4.79 Å². The summed E-state index contributed by atoms with van der Waals surface area (Å²) < 4.78 is 0. The Morgan fingerprint density at radius 1 is 1.07 bits per heavy atom. The zero-order chi connectivity index (χ0) is 19.5. The average molecular weight is 371 g/mol. The van der Waals surface area contributed by atoms with Crippen LogP contribution < -0.4 is 5.32 Å². The molecule has 1 heterocycles. The molecule has 28 heavy (non-hydrogen) atoms. The van der Waals surface area contributed by atoms with Crippen LogP contribution in [-0.2, 0) is 16.6 Å². The van der Waals surface area contributed by atoms with Crippen molar-refractivity contribution in [3.63, 3.8) is 0 Å². The molecule has 4 heteroatoms. The molecular formula is C24H25N3O. The van der Waals surface area contributed by atoms with Crippen molar-refractivity contribution in [2.45, 2.75) is 51.4 Å². The monoisotopic (exact) mass is 371 g/mol. The number of nitrogens with zero attached hydrogens (tertiary/aromatic N) is 2. The van der Waals surface area contributed by atoms with E-state index in [0.29, 0.717) is 0 Å². The second-order valence-corrected chi connectivity index (χ2v) is 8.63. The molecule has 2 atom stereocenters. The first-order valence-corrected chi connectivity index (χ1v) is 10.2. The molecule has 1 N–H and O–H groups in total. The molecular weight excluding hydrogens is 346 g/mol. The van der Waals surface area contributed by atoms with Crippen molar-refractivity contribution in [2.75, 3.05) is 5.32 Å². The van der Waals surface area contributed by atoms with Crippen molar-refractivity contribution in [1.82, 2.24) is 9.97 Å². The van der Waals surface area contributed by atoms with E-state index in [1.807, 2.05) is 42.5 Å². The number of nitrogens with one attached hydrogen (secondary N) is 1. The SMILES string of the molecule is CCc1ccccc1NC(=O)C12CCC(c3nc4ccccc4nc31)C2(C)C. The van der Waals surface area contributed by atoms with Crippen molar-refractivity contribution < 1.29 is 4.79 Å². The maximum absolute atomic E-state index is 13.8. The number of carbonyl (C=O) groups excluding carboxylic acids is 1. The number of anilines is 1. The number of carbonyl (C=O) groups is 1. The van der Waals surface area contributed by atoms with Crippen molar-refractivity contribution in [3.8, 4) is 0 Å². The number of aromatic nitrogens is 2. The number of benzene rings is 2. The van der Waals surface area contributed by atoms with Gasteiger partial charge in [0.2, 0.25) is 5.91 Å². The van der Waals surface area contributed by atoms with Crippen LogP contribution in [0.3, 0.4) is 0 Å². The minimum atomic E-state index is -0.634. The summed E-state index contributed by atoms with van der Waals surface area (Å²) in [6.07, 6.45) is 2.69. The van der Waals surface area contributed by atoms with E-state index in [1.54, 1.807) is 0 Å². The fourth-order valence-corrected chi connectivity index (χ4v) is 5.51. The normalized spacial score (nSPS) is 24.3. The lowest BCUT2D eigenvalue weighted by Crippen LogP contribution is -2.46. The fraction of sp³-hybridized carbons (Fsp3) is 0.375. The standard InChI is InChI=1S/C24H25N3O/c1-4-15-9-5-6-10-17(15)27-22(28)24-14-13-16(23(24,2)3)20-21(24)26-19-12-8-7-11-18(19)25-20/h5-12,16H,4,13-14H2,1-3H3,(H,27,28). The van der Waals surface area contributed by atoms with E-state index >= 15 is 0 Å². The Labute approximate surface area is 165 Å². The largest absolute Gasteiger partial charge is 0.325 e. The van der Waals surface area contributed by atoms with Crippen LogP contribution in [0.1, 0.15) is 56.5 Å². The molecule has 0 saturated heterocycles. The Hall–Kier alpha value is -2.75. The number of aryl methyl sites for hydroxylation is 1. The molecule has 2 aliphatic carbocycles. The predicted molar refractivity (Wildman–Crippen MR) is 111 cm³/mol. The van der Waals surface area contributed by atoms with Gasteiger partial charge in [0.15, 0.2) is 0 Å². The summed E-state index contributed by atoms with van der Waals surface area (Å²) in [7, 11) is 0. The van der Waals surface area contributed by atoms with Gasteiger partial charge in [-0.25, -0.2) is 9.97 Å². The van der Waals surface area contributed by atoms with E-state index in [1.165, 1.54) is 0 Å². The zero-order valence-corrected chi connectivity index (χ0v) is 16.6. The summed E-state index contributed by atoms with van der Waals surface area (Å²) in [5.74, 6) is 0.330. The third-order valence-corrected chi connectivity index (χ3v) is 7.15. The van der Waals surface area contributed by atoms with E-state index in [0.717, 1.165) is 52.9 Å². The van der Waals surface area contributed by atoms with Crippen molar-refractivity contribution in [1.29, 1.82) is 0 Å². The van der Waals surface area contributed by atoms with Gasteiger partial charge in [-0.1, -0.05) is 51.1 Å².